The van der Waals surface area contributed by atoms with Crippen LogP contribution in [0, 0.1) is 5.92 Å². The van der Waals surface area contributed by atoms with Crippen LogP contribution in [0.15, 0.2) is 24.3 Å². The Kier molecular flexibility index (Phi) is 5.88. The van der Waals surface area contributed by atoms with E-state index in [-0.39, 0.29) is 6.04 Å². The van der Waals surface area contributed by atoms with Gasteiger partial charge in [-0.1, -0.05) is 55.9 Å². The van der Waals surface area contributed by atoms with Crippen molar-refractivity contribution in [3.05, 3.63) is 46.0 Å². The number of benzene rings is 1. The lowest BCUT2D eigenvalue weighted by Gasteiger charge is -2.17. The zero-order chi connectivity index (χ0) is 15.2. The molecule has 1 unspecified atom stereocenters. The summed E-state index contributed by atoms with van der Waals surface area (Å²) in [4.78, 5) is 1.25. The lowest BCUT2D eigenvalue weighted by molar-refractivity contribution is 0.643. The van der Waals surface area contributed by atoms with Gasteiger partial charge < -0.3 is 5.32 Å². The van der Waals surface area contributed by atoms with Crippen LogP contribution in [0.25, 0.3) is 0 Å². The summed E-state index contributed by atoms with van der Waals surface area (Å²) >= 11 is 1.51. The minimum atomic E-state index is 0.193. The van der Waals surface area contributed by atoms with Gasteiger partial charge in [-0.05, 0) is 48.5 Å². The van der Waals surface area contributed by atoms with E-state index < -0.39 is 0 Å². The van der Waals surface area contributed by atoms with Crippen LogP contribution in [0.4, 0.5) is 0 Å². The summed E-state index contributed by atoms with van der Waals surface area (Å²) in [6.45, 7) is 6.70. The molecule has 0 saturated heterocycles. The highest BCUT2D eigenvalue weighted by Crippen LogP contribution is 2.28. The van der Waals surface area contributed by atoms with E-state index in [1.54, 1.807) is 0 Å². The molecule has 1 heterocycles. The molecule has 2 aromatic rings. The van der Waals surface area contributed by atoms with Gasteiger partial charge in [-0.25, -0.2) is 0 Å². The van der Waals surface area contributed by atoms with Gasteiger partial charge in [0.25, 0.3) is 0 Å². The van der Waals surface area contributed by atoms with Crippen LogP contribution >= 0.6 is 11.5 Å². The first-order chi connectivity index (χ1) is 10.2. The van der Waals surface area contributed by atoms with E-state index in [2.05, 4.69) is 59.9 Å². The standard InChI is InChI=1S/C17H25N3S/c1-5-7-15-17(21-20-19-15)16(18-4)14-9-6-8-13(11-14)10-12(2)3/h6,8-9,11-12,16,18H,5,7,10H2,1-4H3. The molecule has 0 bridgehead atoms. The van der Waals surface area contributed by atoms with Gasteiger partial charge in [0.05, 0.1) is 16.6 Å². The van der Waals surface area contributed by atoms with Crippen LogP contribution in [0.1, 0.15) is 54.9 Å². The molecule has 1 atom stereocenters. The van der Waals surface area contributed by atoms with Crippen LogP contribution in [0.2, 0.25) is 0 Å². The molecule has 3 nitrogen and oxygen atoms in total. The van der Waals surface area contributed by atoms with Gasteiger partial charge in [0.15, 0.2) is 0 Å². The molecule has 0 saturated carbocycles. The third-order valence-corrected chi connectivity index (χ3v) is 4.38. The summed E-state index contributed by atoms with van der Waals surface area (Å²) in [6.07, 6.45) is 3.21. The molecule has 0 aliphatic heterocycles. The zero-order valence-corrected chi connectivity index (χ0v) is 14.2. The van der Waals surface area contributed by atoms with E-state index in [9.17, 15) is 0 Å². The summed E-state index contributed by atoms with van der Waals surface area (Å²) in [7, 11) is 2.01. The second kappa shape index (κ2) is 7.66. The van der Waals surface area contributed by atoms with Gasteiger partial charge in [0, 0.05) is 0 Å². The summed E-state index contributed by atoms with van der Waals surface area (Å²) < 4.78 is 4.16. The normalized spacial score (nSPS) is 12.8. The lowest BCUT2D eigenvalue weighted by atomic mass is 9.97. The fourth-order valence-electron chi connectivity index (χ4n) is 2.67. The lowest BCUT2D eigenvalue weighted by Crippen LogP contribution is -2.18. The molecule has 114 valence electrons. The van der Waals surface area contributed by atoms with Crippen molar-refractivity contribution in [1.29, 1.82) is 0 Å². The van der Waals surface area contributed by atoms with Crippen molar-refractivity contribution in [3.8, 4) is 0 Å². The third kappa shape index (κ3) is 4.11. The Morgan fingerprint density at radius 2 is 2.10 bits per heavy atom. The SMILES string of the molecule is CCCc1nnsc1C(NC)c1cccc(CC(C)C)c1. The van der Waals surface area contributed by atoms with E-state index in [1.165, 1.54) is 27.5 Å². The number of nitrogens with zero attached hydrogens (tertiary/aromatic N) is 2. The molecule has 0 aliphatic rings. The highest BCUT2D eigenvalue weighted by molar-refractivity contribution is 7.05. The fourth-order valence-corrected chi connectivity index (χ4v) is 3.50. The van der Waals surface area contributed by atoms with Gasteiger partial charge in [-0.3, -0.25) is 0 Å². The van der Waals surface area contributed by atoms with E-state index in [1.807, 2.05) is 7.05 Å². The Morgan fingerprint density at radius 1 is 1.29 bits per heavy atom. The van der Waals surface area contributed by atoms with Gasteiger partial charge in [0.1, 0.15) is 0 Å². The van der Waals surface area contributed by atoms with Crippen LogP contribution in [-0.2, 0) is 12.8 Å². The minimum absolute atomic E-state index is 0.193. The van der Waals surface area contributed by atoms with Crippen LogP contribution in [-0.4, -0.2) is 16.6 Å². The molecular formula is C17H25N3S. The molecule has 0 spiro atoms. The predicted molar refractivity (Wildman–Crippen MR) is 89.8 cm³/mol. The highest BCUT2D eigenvalue weighted by Gasteiger charge is 2.19. The highest BCUT2D eigenvalue weighted by atomic mass is 32.1. The van der Waals surface area contributed by atoms with Crippen molar-refractivity contribution in [2.24, 2.45) is 5.92 Å². The van der Waals surface area contributed by atoms with Crippen molar-refractivity contribution < 1.29 is 0 Å². The van der Waals surface area contributed by atoms with Crippen LogP contribution < -0.4 is 5.32 Å². The van der Waals surface area contributed by atoms with E-state index in [4.69, 9.17) is 0 Å². The zero-order valence-electron chi connectivity index (χ0n) is 13.4. The summed E-state index contributed by atoms with van der Waals surface area (Å²) in [5.41, 5.74) is 3.84. The topological polar surface area (TPSA) is 37.8 Å². The molecule has 0 amide bonds. The van der Waals surface area contributed by atoms with Crippen LogP contribution in [0.3, 0.4) is 0 Å². The molecule has 1 aromatic heterocycles. The van der Waals surface area contributed by atoms with Crippen molar-refractivity contribution in [3.63, 3.8) is 0 Å². The quantitative estimate of drug-likeness (QED) is 0.840. The molecule has 4 heteroatoms. The maximum atomic E-state index is 4.30. The molecular weight excluding hydrogens is 278 g/mol. The average Bonchev–Trinajstić information content (AvgIpc) is 2.88. The second-order valence-corrected chi connectivity index (χ2v) is 6.68. The first-order valence-electron chi connectivity index (χ1n) is 7.72. The molecule has 0 fully saturated rings. The maximum Gasteiger partial charge on any atom is 0.0807 e. The summed E-state index contributed by atoms with van der Waals surface area (Å²) in [5.74, 6) is 0.675. The third-order valence-electron chi connectivity index (χ3n) is 3.55. The van der Waals surface area contributed by atoms with Crippen molar-refractivity contribution in [2.45, 2.75) is 46.1 Å². The number of aromatic nitrogens is 2. The fraction of sp³-hybridized carbons (Fsp3) is 0.529. The van der Waals surface area contributed by atoms with Gasteiger partial charge in [-0.15, -0.1) is 5.10 Å². The Bertz CT molecular complexity index is 563. The second-order valence-electron chi connectivity index (χ2n) is 5.90. The number of aryl methyl sites for hydroxylation is 1. The summed E-state index contributed by atoms with van der Waals surface area (Å²) in [5, 5.41) is 7.73. The molecule has 2 rings (SSSR count). The molecule has 1 N–H and O–H groups in total. The molecule has 21 heavy (non-hydrogen) atoms. The largest absolute Gasteiger partial charge is 0.309 e. The Balaban J connectivity index is 2.30. The van der Waals surface area contributed by atoms with E-state index in [0.717, 1.165) is 25.0 Å². The van der Waals surface area contributed by atoms with Gasteiger partial charge >= 0.3 is 0 Å². The Morgan fingerprint density at radius 3 is 2.76 bits per heavy atom. The average molecular weight is 303 g/mol. The van der Waals surface area contributed by atoms with Crippen molar-refractivity contribution in [2.75, 3.05) is 7.05 Å². The van der Waals surface area contributed by atoms with E-state index in [0.29, 0.717) is 5.92 Å². The van der Waals surface area contributed by atoms with Gasteiger partial charge in [-0.2, -0.15) is 0 Å². The van der Waals surface area contributed by atoms with Crippen molar-refractivity contribution >= 4 is 11.5 Å². The van der Waals surface area contributed by atoms with Crippen LogP contribution in [0.5, 0.6) is 0 Å². The molecule has 1 aromatic carbocycles. The smallest absolute Gasteiger partial charge is 0.0807 e. The first kappa shape index (κ1) is 16.1. The number of rotatable bonds is 7. The molecule has 0 radical (unpaired) electrons. The number of nitrogens with one attached hydrogen (secondary N) is 1. The van der Waals surface area contributed by atoms with Gasteiger partial charge in [0.2, 0.25) is 0 Å². The Labute approximate surface area is 132 Å². The predicted octanol–water partition coefficient (Wildman–Crippen LogP) is 4.00. The first-order valence-corrected chi connectivity index (χ1v) is 8.50. The summed E-state index contributed by atoms with van der Waals surface area (Å²) in [6, 6.07) is 9.08. The maximum absolute atomic E-state index is 4.30. The Hall–Kier alpha value is -1.26. The minimum Gasteiger partial charge on any atom is -0.309 e. The number of hydrogen-bond donors (Lipinski definition) is 1. The van der Waals surface area contributed by atoms with Crippen molar-refractivity contribution in [1.82, 2.24) is 14.9 Å². The molecule has 0 aliphatic carbocycles. The monoisotopic (exact) mass is 303 g/mol. The number of hydrogen-bond acceptors (Lipinski definition) is 4. The van der Waals surface area contributed by atoms with E-state index >= 15 is 0 Å².